The summed E-state index contributed by atoms with van der Waals surface area (Å²) in [7, 11) is 1.68. The van der Waals surface area contributed by atoms with Crippen molar-refractivity contribution in [2.75, 3.05) is 20.2 Å². The molecular weight excluding hydrogens is 479 g/mol. The van der Waals surface area contributed by atoms with E-state index in [9.17, 15) is 0 Å². The molecule has 2 aromatic rings. The molecule has 0 aliphatic heterocycles. The molecule has 0 saturated carbocycles. The predicted octanol–water partition coefficient (Wildman–Crippen LogP) is 3.78. The first-order chi connectivity index (χ1) is 13.8. The molecule has 0 aliphatic carbocycles. The Morgan fingerprint density at radius 2 is 1.83 bits per heavy atom. The van der Waals surface area contributed by atoms with Gasteiger partial charge >= 0.3 is 0 Å². The van der Waals surface area contributed by atoms with Crippen molar-refractivity contribution in [3.8, 4) is 5.75 Å². The number of halogens is 1. The third kappa shape index (κ3) is 9.47. The molecule has 0 saturated heterocycles. The number of hydrogen-bond acceptors (Lipinski definition) is 4. The highest BCUT2D eigenvalue weighted by molar-refractivity contribution is 14.0. The number of nitrogens with one attached hydrogen (secondary N) is 2. The third-order valence-corrected chi connectivity index (χ3v) is 4.56. The van der Waals surface area contributed by atoms with Gasteiger partial charge in [0.25, 0.3) is 0 Å². The Morgan fingerprint density at radius 1 is 1.07 bits per heavy atom. The van der Waals surface area contributed by atoms with Crippen LogP contribution in [0.3, 0.4) is 0 Å². The molecule has 1 heterocycles. The summed E-state index contributed by atoms with van der Waals surface area (Å²) in [6.07, 6.45) is 7.59. The number of unbranched alkanes of at least 4 members (excludes halogenated alkanes) is 3. The minimum Gasteiger partial charge on any atom is -0.497 e. The van der Waals surface area contributed by atoms with Crippen molar-refractivity contribution >= 4 is 29.9 Å². The first-order valence-electron chi connectivity index (χ1n) is 10.3. The van der Waals surface area contributed by atoms with Crippen molar-refractivity contribution in [3.05, 3.63) is 42.0 Å². The first kappa shape index (κ1) is 25.2. The molecule has 0 aliphatic rings. The SMILES string of the molecule is CCCCCCNC(=NCc1ccc(OC)cc1)NCCn1cnnc1CC.I. The number of benzene rings is 1. The smallest absolute Gasteiger partial charge is 0.191 e. The van der Waals surface area contributed by atoms with Crippen LogP contribution in [0.4, 0.5) is 0 Å². The maximum absolute atomic E-state index is 5.21. The van der Waals surface area contributed by atoms with Gasteiger partial charge in [-0.1, -0.05) is 45.2 Å². The van der Waals surface area contributed by atoms with Crippen LogP contribution in [-0.2, 0) is 19.5 Å². The molecule has 2 N–H and O–H groups in total. The number of aliphatic imine (C=N–C) groups is 1. The lowest BCUT2D eigenvalue weighted by Crippen LogP contribution is -2.39. The molecule has 0 fully saturated rings. The van der Waals surface area contributed by atoms with Gasteiger partial charge in [0.05, 0.1) is 13.7 Å². The summed E-state index contributed by atoms with van der Waals surface area (Å²) in [5.74, 6) is 2.71. The van der Waals surface area contributed by atoms with E-state index in [1.54, 1.807) is 13.4 Å². The number of methoxy groups -OCH3 is 1. The standard InChI is InChI=1S/C21H34N6O.HI/c1-4-6-7-8-13-22-21(23-14-15-27-17-25-26-20(27)5-2)24-16-18-9-11-19(28-3)12-10-18;/h9-12,17H,4-8,13-16H2,1-3H3,(H2,22,23,24);1H. The normalized spacial score (nSPS) is 11.1. The second-order valence-corrected chi connectivity index (χ2v) is 6.72. The summed E-state index contributed by atoms with van der Waals surface area (Å²) in [5, 5.41) is 15.0. The summed E-state index contributed by atoms with van der Waals surface area (Å²) in [5.41, 5.74) is 1.15. The van der Waals surface area contributed by atoms with E-state index in [1.807, 2.05) is 24.3 Å². The molecule has 0 atom stereocenters. The number of guanidine groups is 1. The van der Waals surface area contributed by atoms with Crippen LogP contribution >= 0.6 is 24.0 Å². The van der Waals surface area contributed by atoms with E-state index >= 15 is 0 Å². The van der Waals surface area contributed by atoms with Crippen LogP contribution < -0.4 is 15.4 Å². The van der Waals surface area contributed by atoms with Crippen molar-refractivity contribution in [1.29, 1.82) is 0 Å². The number of aromatic nitrogens is 3. The lowest BCUT2D eigenvalue weighted by molar-refractivity contribution is 0.414. The van der Waals surface area contributed by atoms with Gasteiger partial charge in [-0.25, -0.2) is 4.99 Å². The van der Waals surface area contributed by atoms with Crippen molar-refractivity contribution in [2.24, 2.45) is 4.99 Å². The molecule has 29 heavy (non-hydrogen) atoms. The average molecular weight is 514 g/mol. The summed E-state index contributed by atoms with van der Waals surface area (Å²) in [4.78, 5) is 4.74. The zero-order valence-corrected chi connectivity index (χ0v) is 20.2. The van der Waals surface area contributed by atoms with Crippen LogP contribution in [0.1, 0.15) is 50.9 Å². The Balaban J connectivity index is 0.00000420. The van der Waals surface area contributed by atoms with Gasteiger partial charge < -0.3 is 19.9 Å². The summed E-state index contributed by atoms with van der Waals surface area (Å²) >= 11 is 0. The van der Waals surface area contributed by atoms with E-state index in [0.717, 1.165) is 55.6 Å². The zero-order valence-electron chi connectivity index (χ0n) is 17.9. The van der Waals surface area contributed by atoms with E-state index in [4.69, 9.17) is 9.73 Å². The molecule has 1 aromatic heterocycles. The quantitative estimate of drug-likeness (QED) is 0.195. The van der Waals surface area contributed by atoms with Gasteiger partial charge in [-0.2, -0.15) is 0 Å². The van der Waals surface area contributed by atoms with Crippen LogP contribution in [0, 0.1) is 0 Å². The average Bonchev–Trinajstić information content (AvgIpc) is 3.19. The number of ether oxygens (including phenoxy) is 1. The molecule has 7 nitrogen and oxygen atoms in total. The monoisotopic (exact) mass is 514 g/mol. The molecule has 0 spiro atoms. The molecule has 0 bridgehead atoms. The second-order valence-electron chi connectivity index (χ2n) is 6.72. The Bertz CT molecular complexity index is 701. The molecule has 0 amide bonds. The van der Waals surface area contributed by atoms with E-state index < -0.39 is 0 Å². The van der Waals surface area contributed by atoms with Gasteiger partial charge in [-0.3, -0.25) is 0 Å². The summed E-state index contributed by atoms with van der Waals surface area (Å²) in [6.45, 7) is 7.46. The maximum atomic E-state index is 5.21. The predicted molar refractivity (Wildman–Crippen MR) is 129 cm³/mol. The van der Waals surface area contributed by atoms with Crippen LogP contribution in [0.25, 0.3) is 0 Å². The minimum absolute atomic E-state index is 0. The first-order valence-corrected chi connectivity index (χ1v) is 10.3. The van der Waals surface area contributed by atoms with Gasteiger partial charge in [0, 0.05) is 26.1 Å². The Morgan fingerprint density at radius 3 is 2.52 bits per heavy atom. The van der Waals surface area contributed by atoms with Crippen LogP contribution in [0.5, 0.6) is 5.75 Å². The highest BCUT2D eigenvalue weighted by Crippen LogP contribution is 2.11. The molecule has 0 radical (unpaired) electrons. The fourth-order valence-electron chi connectivity index (χ4n) is 2.87. The third-order valence-electron chi connectivity index (χ3n) is 4.56. The number of rotatable bonds is 12. The number of aryl methyl sites for hydroxylation is 1. The minimum atomic E-state index is 0. The zero-order chi connectivity index (χ0) is 20.0. The Labute approximate surface area is 191 Å². The topological polar surface area (TPSA) is 76.4 Å². The molecule has 0 unspecified atom stereocenters. The second kappa shape index (κ2) is 15.1. The van der Waals surface area contributed by atoms with E-state index in [2.05, 4.69) is 39.2 Å². The maximum Gasteiger partial charge on any atom is 0.191 e. The van der Waals surface area contributed by atoms with Gasteiger partial charge in [-0.15, -0.1) is 34.2 Å². The molecule has 162 valence electrons. The van der Waals surface area contributed by atoms with Crippen molar-refractivity contribution < 1.29 is 4.74 Å². The summed E-state index contributed by atoms with van der Waals surface area (Å²) in [6, 6.07) is 8.03. The van der Waals surface area contributed by atoms with Crippen LogP contribution in [-0.4, -0.2) is 40.9 Å². The van der Waals surface area contributed by atoms with E-state index in [0.29, 0.717) is 6.54 Å². The van der Waals surface area contributed by atoms with Gasteiger partial charge in [0.2, 0.25) is 0 Å². The Hall–Kier alpha value is -1.84. The largest absolute Gasteiger partial charge is 0.497 e. The van der Waals surface area contributed by atoms with Gasteiger partial charge in [0.15, 0.2) is 5.96 Å². The van der Waals surface area contributed by atoms with Crippen molar-refractivity contribution in [1.82, 2.24) is 25.4 Å². The number of hydrogen-bond donors (Lipinski definition) is 2. The number of nitrogens with zero attached hydrogens (tertiary/aromatic N) is 4. The van der Waals surface area contributed by atoms with Crippen molar-refractivity contribution in [3.63, 3.8) is 0 Å². The highest BCUT2D eigenvalue weighted by Gasteiger charge is 2.03. The fraction of sp³-hybridized carbons (Fsp3) is 0.571. The molecule has 1 aromatic carbocycles. The van der Waals surface area contributed by atoms with E-state index in [1.165, 1.54) is 19.3 Å². The Kier molecular flexibility index (Phi) is 13.1. The molecular formula is C21H35IN6O. The summed E-state index contributed by atoms with van der Waals surface area (Å²) < 4.78 is 7.29. The van der Waals surface area contributed by atoms with Crippen LogP contribution in [0.15, 0.2) is 35.6 Å². The lowest BCUT2D eigenvalue weighted by Gasteiger charge is -2.13. The molecule has 2 rings (SSSR count). The highest BCUT2D eigenvalue weighted by atomic mass is 127. The van der Waals surface area contributed by atoms with Crippen molar-refractivity contribution in [2.45, 2.75) is 59.0 Å². The lowest BCUT2D eigenvalue weighted by atomic mass is 10.2. The van der Waals surface area contributed by atoms with E-state index in [-0.39, 0.29) is 24.0 Å². The van der Waals surface area contributed by atoms with Crippen LogP contribution in [0.2, 0.25) is 0 Å². The van der Waals surface area contributed by atoms with Gasteiger partial charge in [-0.05, 0) is 24.1 Å². The molecule has 8 heteroatoms. The van der Waals surface area contributed by atoms with Gasteiger partial charge in [0.1, 0.15) is 17.9 Å². The fourth-order valence-corrected chi connectivity index (χ4v) is 2.87.